The van der Waals surface area contributed by atoms with Gasteiger partial charge in [-0.05, 0) is 11.9 Å². The molecule has 0 saturated carbocycles. The van der Waals surface area contributed by atoms with Crippen LogP contribution in [0.3, 0.4) is 0 Å². The Morgan fingerprint density at radius 1 is 1.40 bits per heavy atom. The highest BCUT2D eigenvalue weighted by molar-refractivity contribution is 7.98. The standard InChI is InChI=1S/C2H4N2O.C2H4N2S/c2*1-3-2-5-4-1/h2*1H,2H2,(H,3,4). The van der Waals surface area contributed by atoms with Crippen LogP contribution in [0, 0.1) is 0 Å². The van der Waals surface area contributed by atoms with Crippen molar-refractivity contribution in [1.82, 2.24) is 10.2 Å². The van der Waals surface area contributed by atoms with Gasteiger partial charge in [-0.15, -0.1) is 0 Å². The van der Waals surface area contributed by atoms with Crippen LogP contribution >= 0.6 is 11.9 Å². The van der Waals surface area contributed by atoms with Crippen LogP contribution in [0.2, 0.25) is 0 Å². The second kappa shape index (κ2) is 5.07. The number of nitrogens with zero attached hydrogens (tertiary/aromatic N) is 2. The summed E-state index contributed by atoms with van der Waals surface area (Å²) in [5.41, 5.74) is 2.43. The molecule has 0 unspecified atom stereocenters. The van der Waals surface area contributed by atoms with Crippen molar-refractivity contribution in [1.29, 1.82) is 0 Å². The average molecular weight is 160 g/mol. The van der Waals surface area contributed by atoms with Crippen LogP contribution in [-0.2, 0) is 4.84 Å². The summed E-state index contributed by atoms with van der Waals surface area (Å²) in [6.07, 6.45) is 3.21. The second-order valence-corrected chi connectivity index (χ2v) is 2.19. The first kappa shape index (κ1) is 7.36. The van der Waals surface area contributed by atoms with E-state index in [0.717, 1.165) is 5.88 Å². The molecule has 2 aliphatic heterocycles. The zero-order chi connectivity index (χ0) is 7.07. The second-order valence-electron chi connectivity index (χ2n) is 1.41. The van der Waals surface area contributed by atoms with E-state index in [9.17, 15) is 0 Å². The van der Waals surface area contributed by atoms with Crippen molar-refractivity contribution in [3.05, 3.63) is 0 Å². The summed E-state index contributed by atoms with van der Waals surface area (Å²) in [5, 5.41) is 0. The molecule has 0 fully saturated rings. The molecule has 0 spiro atoms. The van der Waals surface area contributed by atoms with Crippen LogP contribution in [0.15, 0.2) is 9.98 Å². The number of aliphatic imine (C=N–C) groups is 2. The molecule has 0 aromatic heterocycles. The summed E-state index contributed by atoms with van der Waals surface area (Å²) in [6.45, 7) is 0.458. The molecule has 2 heterocycles. The van der Waals surface area contributed by atoms with E-state index in [1.54, 1.807) is 18.3 Å². The van der Waals surface area contributed by atoms with Crippen molar-refractivity contribution in [2.24, 2.45) is 9.98 Å². The van der Waals surface area contributed by atoms with Crippen molar-refractivity contribution < 1.29 is 4.84 Å². The van der Waals surface area contributed by atoms with Gasteiger partial charge in [0.15, 0.2) is 6.73 Å². The first-order valence-corrected chi connectivity index (χ1v) is 3.70. The lowest BCUT2D eigenvalue weighted by molar-refractivity contribution is 0.117. The summed E-state index contributed by atoms with van der Waals surface area (Å²) in [4.78, 5) is 11.9. The SMILES string of the molecule is C1=NCON1.C1=NCSN1. The molecule has 2 aliphatic rings. The van der Waals surface area contributed by atoms with Gasteiger partial charge in [0.25, 0.3) is 0 Å². The van der Waals surface area contributed by atoms with Crippen LogP contribution in [-0.4, -0.2) is 25.3 Å². The largest absolute Gasteiger partial charge is 0.319 e. The third kappa shape index (κ3) is 3.31. The Morgan fingerprint density at radius 3 is 2.60 bits per heavy atom. The van der Waals surface area contributed by atoms with Gasteiger partial charge in [0.1, 0.15) is 12.2 Å². The monoisotopic (exact) mass is 160 g/mol. The van der Waals surface area contributed by atoms with E-state index in [-0.39, 0.29) is 0 Å². The fourth-order valence-corrected chi connectivity index (χ4v) is 0.745. The van der Waals surface area contributed by atoms with E-state index < -0.39 is 0 Å². The summed E-state index contributed by atoms with van der Waals surface area (Å²) < 4.78 is 2.85. The molecule has 6 heteroatoms. The topological polar surface area (TPSA) is 58.0 Å². The zero-order valence-electron chi connectivity index (χ0n) is 5.28. The first-order chi connectivity index (χ1) is 5.00. The minimum Gasteiger partial charge on any atom is -0.319 e. The summed E-state index contributed by atoms with van der Waals surface area (Å²) >= 11 is 1.60. The Hall–Kier alpha value is -0.750. The van der Waals surface area contributed by atoms with Gasteiger partial charge in [0.2, 0.25) is 0 Å². The van der Waals surface area contributed by atoms with Gasteiger partial charge in [-0.3, -0.25) is 15.3 Å². The predicted octanol–water partition coefficient (Wildman–Crippen LogP) is -0.269. The fourth-order valence-electron chi connectivity index (χ4n) is 0.373. The molecule has 2 rings (SSSR count). The lowest BCUT2D eigenvalue weighted by Gasteiger charge is -1.79. The molecule has 0 saturated heterocycles. The lowest BCUT2D eigenvalue weighted by atomic mass is 11.3. The molecule has 0 bridgehead atoms. The van der Waals surface area contributed by atoms with Gasteiger partial charge in [0.05, 0.1) is 6.34 Å². The molecule has 0 radical (unpaired) electrons. The number of nitrogens with one attached hydrogen (secondary N) is 2. The van der Waals surface area contributed by atoms with Gasteiger partial charge >= 0.3 is 0 Å². The number of rotatable bonds is 0. The molecule has 0 amide bonds. The summed E-state index contributed by atoms with van der Waals surface area (Å²) in [7, 11) is 0. The lowest BCUT2D eigenvalue weighted by Crippen LogP contribution is -2.01. The maximum atomic E-state index is 4.47. The Labute approximate surface area is 63.0 Å². The highest BCUT2D eigenvalue weighted by Crippen LogP contribution is 1.94. The highest BCUT2D eigenvalue weighted by Gasteiger charge is 1.83. The van der Waals surface area contributed by atoms with Crippen LogP contribution in [0.1, 0.15) is 0 Å². The Morgan fingerprint density at radius 2 is 2.40 bits per heavy atom. The molecule has 5 nitrogen and oxygen atoms in total. The molecule has 56 valence electrons. The molecule has 0 aromatic carbocycles. The number of hydrogen-bond donors (Lipinski definition) is 2. The Kier molecular flexibility index (Phi) is 3.73. The van der Waals surface area contributed by atoms with Crippen LogP contribution in [0.25, 0.3) is 0 Å². The minimum atomic E-state index is 0.458. The predicted molar refractivity (Wildman–Crippen MR) is 41.7 cm³/mol. The van der Waals surface area contributed by atoms with E-state index in [4.69, 9.17) is 0 Å². The Balaban J connectivity index is 0.0000001000. The smallest absolute Gasteiger partial charge is 0.166 e. The van der Waals surface area contributed by atoms with Gasteiger partial charge < -0.3 is 4.72 Å². The van der Waals surface area contributed by atoms with E-state index in [2.05, 4.69) is 25.0 Å². The van der Waals surface area contributed by atoms with Gasteiger partial charge in [-0.25, -0.2) is 4.99 Å². The van der Waals surface area contributed by atoms with Crippen molar-refractivity contribution in [2.45, 2.75) is 0 Å². The van der Waals surface area contributed by atoms with Crippen molar-refractivity contribution in [2.75, 3.05) is 12.6 Å². The third-order valence-corrected chi connectivity index (χ3v) is 1.28. The number of hydrogen-bond acceptors (Lipinski definition) is 6. The summed E-state index contributed by atoms with van der Waals surface area (Å²) in [5.74, 6) is 0.875. The van der Waals surface area contributed by atoms with E-state index in [1.165, 1.54) is 6.34 Å². The maximum Gasteiger partial charge on any atom is 0.166 e. The van der Waals surface area contributed by atoms with Crippen LogP contribution in [0.5, 0.6) is 0 Å². The zero-order valence-corrected chi connectivity index (χ0v) is 6.10. The van der Waals surface area contributed by atoms with Gasteiger partial charge in [0, 0.05) is 0 Å². The fraction of sp³-hybridized carbons (Fsp3) is 0.500. The molecular weight excluding hydrogens is 152 g/mol. The van der Waals surface area contributed by atoms with Gasteiger partial charge in [-0.2, -0.15) is 0 Å². The normalized spacial score (nSPS) is 19.2. The first-order valence-electron chi connectivity index (χ1n) is 2.71. The maximum absolute atomic E-state index is 4.47. The minimum absolute atomic E-state index is 0.458. The van der Waals surface area contributed by atoms with Gasteiger partial charge in [-0.1, -0.05) is 0 Å². The highest BCUT2D eigenvalue weighted by atomic mass is 32.2. The van der Waals surface area contributed by atoms with Crippen molar-refractivity contribution >= 4 is 24.6 Å². The Bertz CT molecular complexity index is 109. The summed E-state index contributed by atoms with van der Waals surface area (Å²) in [6, 6.07) is 0. The quantitative estimate of drug-likeness (QED) is 0.479. The van der Waals surface area contributed by atoms with Crippen molar-refractivity contribution in [3.8, 4) is 0 Å². The van der Waals surface area contributed by atoms with Crippen LogP contribution < -0.4 is 10.2 Å². The molecule has 2 N–H and O–H groups in total. The van der Waals surface area contributed by atoms with E-state index in [1.807, 2.05) is 0 Å². The van der Waals surface area contributed by atoms with E-state index in [0.29, 0.717) is 6.73 Å². The van der Waals surface area contributed by atoms with E-state index >= 15 is 0 Å². The van der Waals surface area contributed by atoms with Crippen molar-refractivity contribution in [3.63, 3.8) is 0 Å². The molecule has 0 atom stereocenters. The van der Waals surface area contributed by atoms with Crippen LogP contribution in [0.4, 0.5) is 0 Å². The molecule has 0 aromatic rings. The number of hydroxylamine groups is 1. The average Bonchev–Trinajstić information content (AvgIpc) is 2.67. The molecule has 10 heavy (non-hydrogen) atoms. The molecular formula is C4H8N4OS. The molecule has 0 aliphatic carbocycles. The third-order valence-electron chi connectivity index (χ3n) is 0.733.